The maximum atomic E-state index is 11.9. The summed E-state index contributed by atoms with van der Waals surface area (Å²) in [4.78, 5) is 15.8. The molecule has 0 atom stereocenters. The van der Waals surface area contributed by atoms with Gasteiger partial charge in [0.2, 0.25) is 0 Å². The number of hydrogen-bond acceptors (Lipinski definition) is 3. The smallest absolute Gasteiger partial charge is 0.412 e. The Bertz CT molecular complexity index is 603. The molecule has 0 fully saturated rings. The summed E-state index contributed by atoms with van der Waals surface area (Å²) in [6, 6.07) is 5.26. The highest BCUT2D eigenvalue weighted by Crippen LogP contribution is 2.28. The van der Waals surface area contributed by atoms with Gasteiger partial charge in [-0.3, -0.25) is 5.32 Å². The first-order valence-corrected chi connectivity index (χ1v) is 6.51. The van der Waals surface area contributed by atoms with E-state index >= 15 is 0 Å². The van der Waals surface area contributed by atoms with Gasteiger partial charge in [-0.15, -0.1) is 0 Å². The molecule has 0 unspecified atom stereocenters. The third kappa shape index (κ3) is 3.51. The molecule has 0 aliphatic carbocycles. The van der Waals surface area contributed by atoms with Crippen LogP contribution in [0.15, 0.2) is 36.9 Å². The first-order chi connectivity index (χ1) is 9.37. The number of carbonyl (C=O) groups is 1. The fraction of sp³-hybridized carbons (Fsp3) is 0.286. The number of amides is 1. The summed E-state index contributed by atoms with van der Waals surface area (Å²) in [6.07, 6.45) is 4.48. The van der Waals surface area contributed by atoms with Crippen molar-refractivity contribution in [2.75, 3.05) is 5.32 Å². The highest BCUT2D eigenvalue weighted by molar-refractivity contribution is 6.33. The number of para-hydroxylation sites is 1. The predicted molar refractivity (Wildman–Crippen MR) is 78.4 cm³/mol. The molecule has 1 aromatic heterocycles. The van der Waals surface area contributed by atoms with Crippen LogP contribution in [0, 0.1) is 0 Å². The summed E-state index contributed by atoms with van der Waals surface area (Å²) in [5.74, 6) is 0. The van der Waals surface area contributed by atoms with E-state index in [-0.39, 0.29) is 0 Å². The molecular formula is C14H16ClN3O2. The van der Waals surface area contributed by atoms with E-state index < -0.39 is 11.7 Å². The van der Waals surface area contributed by atoms with E-state index in [9.17, 15) is 4.79 Å². The monoisotopic (exact) mass is 293 g/mol. The molecule has 106 valence electrons. The third-order valence-electron chi connectivity index (χ3n) is 2.39. The van der Waals surface area contributed by atoms with Crippen LogP contribution >= 0.6 is 11.6 Å². The Balaban J connectivity index is 2.29. The van der Waals surface area contributed by atoms with Gasteiger partial charge < -0.3 is 9.30 Å². The van der Waals surface area contributed by atoms with Crippen molar-refractivity contribution in [1.29, 1.82) is 0 Å². The van der Waals surface area contributed by atoms with Gasteiger partial charge >= 0.3 is 6.09 Å². The van der Waals surface area contributed by atoms with Crippen molar-refractivity contribution in [2.45, 2.75) is 26.4 Å². The van der Waals surface area contributed by atoms with Gasteiger partial charge in [0.25, 0.3) is 0 Å². The zero-order valence-electron chi connectivity index (χ0n) is 11.6. The number of halogens is 1. The van der Waals surface area contributed by atoms with Gasteiger partial charge in [-0.05, 0) is 32.9 Å². The Morgan fingerprint density at radius 3 is 2.75 bits per heavy atom. The fourth-order valence-corrected chi connectivity index (χ4v) is 1.96. The normalized spacial score (nSPS) is 11.2. The third-order valence-corrected chi connectivity index (χ3v) is 2.69. The number of anilines is 1. The van der Waals surface area contributed by atoms with Gasteiger partial charge in [0, 0.05) is 12.4 Å². The lowest BCUT2D eigenvalue weighted by atomic mass is 10.2. The Kier molecular flexibility index (Phi) is 3.99. The van der Waals surface area contributed by atoms with Gasteiger partial charge in [0.05, 0.1) is 22.7 Å². The van der Waals surface area contributed by atoms with E-state index in [1.807, 2.05) is 0 Å². The molecule has 0 saturated carbocycles. The van der Waals surface area contributed by atoms with E-state index in [2.05, 4.69) is 10.3 Å². The first kappa shape index (κ1) is 14.4. The van der Waals surface area contributed by atoms with Crippen LogP contribution in [0.3, 0.4) is 0 Å². The van der Waals surface area contributed by atoms with Crippen LogP contribution in [0.4, 0.5) is 10.5 Å². The van der Waals surface area contributed by atoms with Gasteiger partial charge in [0.1, 0.15) is 5.60 Å². The number of nitrogens with one attached hydrogen (secondary N) is 1. The highest BCUT2D eigenvalue weighted by Gasteiger charge is 2.18. The lowest BCUT2D eigenvalue weighted by molar-refractivity contribution is 0.0636. The molecule has 2 aromatic rings. The lowest BCUT2D eigenvalue weighted by Gasteiger charge is -2.20. The molecular weight excluding hydrogens is 278 g/mol. The molecule has 20 heavy (non-hydrogen) atoms. The van der Waals surface area contributed by atoms with Crippen molar-refractivity contribution in [3.63, 3.8) is 0 Å². The number of rotatable bonds is 2. The molecule has 0 spiro atoms. The highest BCUT2D eigenvalue weighted by atomic mass is 35.5. The Morgan fingerprint density at radius 2 is 2.15 bits per heavy atom. The van der Waals surface area contributed by atoms with Crippen LogP contribution in [0.1, 0.15) is 20.8 Å². The van der Waals surface area contributed by atoms with Crippen molar-refractivity contribution in [2.24, 2.45) is 0 Å². The Labute approximate surface area is 122 Å². The molecule has 0 radical (unpaired) electrons. The van der Waals surface area contributed by atoms with Crippen molar-refractivity contribution in [1.82, 2.24) is 9.55 Å². The Morgan fingerprint density at radius 1 is 1.40 bits per heavy atom. The lowest BCUT2D eigenvalue weighted by Crippen LogP contribution is -2.27. The maximum absolute atomic E-state index is 11.9. The number of imidazole rings is 1. The molecule has 0 aliphatic rings. The average molecular weight is 294 g/mol. The van der Waals surface area contributed by atoms with Crippen molar-refractivity contribution in [3.8, 4) is 5.69 Å². The second-order valence-electron chi connectivity index (χ2n) is 5.23. The number of aromatic nitrogens is 2. The van der Waals surface area contributed by atoms with Gasteiger partial charge in [-0.1, -0.05) is 17.7 Å². The van der Waals surface area contributed by atoms with Crippen LogP contribution < -0.4 is 5.32 Å². The minimum Gasteiger partial charge on any atom is -0.444 e. The standard InChI is InChI=1S/C14H16ClN3O2/c1-14(2,3)20-13(19)17-11-6-4-5-10(15)12(11)18-8-7-16-9-18/h4-9H,1-3H3,(H,17,19). The van der Waals surface area contributed by atoms with Crippen LogP contribution in [-0.4, -0.2) is 21.2 Å². The van der Waals surface area contributed by atoms with Crippen LogP contribution in [-0.2, 0) is 4.74 Å². The molecule has 0 bridgehead atoms. The molecule has 2 rings (SSSR count). The van der Waals surface area contributed by atoms with Crippen LogP contribution in [0.2, 0.25) is 5.02 Å². The number of benzene rings is 1. The molecule has 1 aromatic carbocycles. The molecule has 5 nitrogen and oxygen atoms in total. The number of hydrogen-bond donors (Lipinski definition) is 1. The summed E-state index contributed by atoms with van der Waals surface area (Å²) >= 11 is 6.20. The second-order valence-corrected chi connectivity index (χ2v) is 5.64. The quantitative estimate of drug-likeness (QED) is 0.914. The number of carbonyl (C=O) groups excluding carboxylic acids is 1. The zero-order valence-corrected chi connectivity index (χ0v) is 12.3. The largest absolute Gasteiger partial charge is 0.444 e. The SMILES string of the molecule is CC(C)(C)OC(=O)Nc1cccc(Cl)c1-n1ccnc1. The minimum atomic E-state index is -0.558. The predicted octanol–water partition coefficient (Wildman–Crippen LogP) is 3.87. The summed E-state index contributed by atoms with van der Waals surface area (Å²) in [7, 11) is 0. The van der Waals surface area contributed by atoms with Crippen molar-refractivity contribution >= 4 is 23.4 Å². The number of nitrogens with zero attached hydrogens (tertiary/aromatic N) is 2. The van der Waals surface area contributed by atoms with E-state index in [4.69, 9.17) is 16.3 Å². The van der Waals surface area contributed by atoms with Crippen molar-refractivity contribution in [3.05, 3.63) is 41.9 Å². The van der Waals surface area contributed by atoms with E-state index in [1.165, 1.54) is 0 Å². The number of ether oxygens (including phenoxy) is 1. The van der Waals surface area contributed by atoms with Gasteiger partial charge in [0.15, 0.2) is 0 Å². The zero-order chi connectivity index (χ0) is 14.8. The van der Waals surface area contributed by atoms with Crippen molar-refractivity contribution < 1.29 is 9.53 Å². The fourth-order valence-electron chi connectivity index (χ4n) is 1.68. The van der Waals surface area contributed by atoms with Crippen LogP contribution in [0.5, 0.6) is 0 Å². The Hall–Kier alpha value is -2.01. The second kappa shape index (κ2) is 5.54. The topological polar surface area (TPSA) is 56.1 Å². The van der Waals surface area contributed by atoms with E-state index in [0.29, 0.717) is 16.4 Å². The molecule has 1 N–H and O–H groups in total. The average Bonchev–Trinajstić information content (AvgIpc) is 2.79. The van der Waals surface area contributed by atoms with Gasteiger partial charge in [-0.2, -0.15) is 0 Å². The van der Waals surface area contributed by atoms with Gasteiger partial charge in [-0.25, -0.2) is 9.78 Å². The molecule has 1 heterocycles. The molecule has 0 saturated heterocycles. The molecule has 1 amide bonds. The van der Waals surface area contributed by atoms with E-state index in [0.717, 1.165) is 0 Å². The van der Waals surface area contributed by atoms with E-state index in [1.54, 1.807) is 62.3 Å². The minimum absolute atomic E-state index is 0.511. The van der Waals surface area contributed by atoms with Crippen LogP contribution in [0.25, 0.3) is 5.69 Å². The summed E-state index contributed by atoms with van der Waals surface area (Å²) in [6.45, 7) is 5.42. The summed E-state index contributed by atoms with van der Waals surface area (Å²) < 4.78 is 6.97. The molecule has 6 heteroatoms. The molecule has 0 aliphatic heterocycles. The first-order valence-electron chi connectivity index (χ1n) is 6.14. The summed E-state index contributed by atoms with van der Waals surface area (Å²) in [5, 5.41) is 3.21. The maximum Gasteiger partial charge on any atom is 0.412 e. The summed E-state index contributed by atoms with van der Waals surface area (Å²) in [5.41, 5.74) is 0.653.